The van der Waals surface area contributed by atoms with Gasteiger partial charge in [-0.3, -0.25) is 4.79 Å². The van der Waals surface area contributed by atoms with E-state index in [9.17, 15) is 4.79 Å². The summed E-state index contributed by atoms with van der Waals surface area (Å²) in [7, 11) is 0. The summed E-state index contributed by atoms with van der Waals surface area (Å²) in [6, 6.07) is 19.8. The molecule has 0 bridgehead atoms. The maximum Gasteiger partial charge on any atom is 0.254 e. The summed E-state index contributed by atoms with van der Waals surface area (Å²) in [5.74, 6) is 0.0311. The highest BCUT2D eigenvalue weighted by molar-refractivity contribution is 5.96. The van der Waals surface area contributed by atoms with E-state index in [4.69, 9.17) is 5.26 Å². The number of nitriles is 1. The van der Waals surface area contributed by atoms with Crippen LogP contribution in [0.4, 0.5) is 5.69 Å². The maximum atomic E-state index is 12.7. The van der Waals surface area contributed by atoms with Crippen LogP contribution in [0.1, 0.15) is 15.9 Å². The summed E-state index contributed by atoms with van der Waals surface area (Å²) in [6.07, 6.45) is 0.270. The fraction of sp³-hybridized carbons (Fsp3) is 0.263. The van der Waals surface area contributed by atoms with Gasteiger partial charge in [-0.05, 0) is 23.8 Å². The summed E-state index contributed by atoms with van der Waals surface area (Å²) in [5.41, 5.74) is 2.66. The molecule has 1 fully saturated rings. The molecule has 0 saturated carbocycles. The zero-order chi connectivity index (χ0) is 16.1. The van der Waals surface area contributed by atoms with Gasteiger partial charge in [0.1, 0.15) is 0 Å². The van der Waals surface area contributed by atoms with Gasteiger partial charge in [-0.2, -0.15) is 5.26 Å². The third kappa shape index (κ3) is 3.35. The molecule has 0 aromatic heterocycles. The molecule has 1 aliphatic heterocycles. The molecule has 2 aromatic carbocycles. The lowest BCUT2D eigenvalue weighted by molar-refractivity contribution is 0.0746. The van der Waals surface area contributed by atoms with Gasteiger partial charge >= 0.3 is 0 Å². The molecule has 1 saturated heterocycles. The Morgan fingerprint density at radius 2 is 1.61 bits per heavy atom. The van der Waals surface area contributed by atoms with E-state index in [-0.39, 0.29) is 12.3 Å². The Kier molecular flexibility index (Phi) is 4.58. The number of piperazine rings is 1. The SMILES string of the molecule is N#CCc1ccccc1C(=O)N1CCN(c2ccccc2)CC1. The lowest BCUT2D eigenvalue weighted by Gasteiger charge is -2.36. The van der Waals surface area contributed by atoms with Crippen molar-refractivity contribution in [1.29, 1.82) is 5.26 Å². The van der Waals surface area contributed by atoms with Gasteiger partial charge in [0.15, 0.2) is 0 Å². The van der Waals surface area contributed by atoms with Crippen molar-refractivity contribution in [2.45, 2.75) is 6.42 Å². The molecule has 0 N–H and O–H groups in total. The third-order valence-electron chi connectivity index (χ3n) is 4.21. The number of rotatable bonds is 3. The average Bonchev–Trinajstić information content (AvgIpc) is 2.63. The van der Waals surface area contributed by atoms with E-state index in [0.717, 1.165) is 18.7 Å². The van der Waals surface area contributed by atoms with Crippen LogP contribution in [0.25, 0.3) is 0 Å². The normalized spacial score (nSPS) is 14.4. The molecule has 4 nitrogen and oxygen atoms in total. The van der Waals surface area contributed by atoms with Crippen LogP contribution in [0.3, 0.4) is 0 Å². The first kappa shape index (κ1) is 15.1. The second kappa shape index (κ2) is 6.97. The van der Waals surface area contributed by atoms with Gasteiger partial charge < -0.3 is 9.80 Å². The number of benzene rings is 2. The number of hydrogen-bond donors (Lipinski definition) is 0. The van der Waals surface area contributed by atoms with E-state index in [0.29, 0.717) is 18.7 Å². The summed E-state index contributed by atoms with van der Waals surface area (Å²) in [5, 5.41) is 8.92. The van der Waals surface area contributed by atoms with Crippen LogP contribution in [0, 0.1) is 11.3 Å². The van der Waals surface area contributed by atoms with Gasteiger partial charge in [0.2, 0.25) is 0 Å². The highest BCUT2D eigenvalue weighted by Gasteiger charge is 2.23. The van der Waals surface area contributed by atoms with Crippen LogP contribution in [-0.4, -0.2) is 37.0 Å². The standard InChI is InChI=1S/C19H19N3O/c20-11-10-16-6-4-5-9-18(16)19(23)22-14-12-21(13-15-22)17-7-2-1-3-8-17/h1-9H,10,12-15H2. The minimum absolute atomic E-state index is 0.0311. The Balaban J connectivity index is 1.68. The van der Waals surface area contributed by atoms with Crippen LogP contribution < -0.4 is 4.90 Å². The quantitative estimate of drug-likeness (QED) is 0.876. The number of para-hydroxylation sites is 1. The van der Waals surface area contributed by atoms with Crippen molar-refractivity contribution < 1.29 is 4.79 Å². The molecule has 1 heterocycles. The van der Waals surface area contributed by atoms with Crippen molar-refractivity contribution in [2.75, 3.05) is 31.1 Å². The Hall–Kier alpha value is -2.80. The van der Waals surface area contributed by atoms with E-state index in [1.165, 1.54) is 5.69 Å². The first-order valence-electron chi connectivity index (χ1n) is 7.83. The van der Waals surface area contributed by atoms with Crippen molar-refractivity contribution in [1.82, 2.24) is 4.90 Å². The summed E-state index contributed by atoms with van der Waals surface area (Å²) >= 11 is 0. The molecule has 0 aliphatic carbocycles. The molecule has 0 radical (unpaired) electrons. The zero-order valence-electron chi connectivity index (χ0n) is 13.0. The predicted molar refractivity (Wildman–Crippen MR) is 90.3 cm³/mol. The Morgan fingerprint density at radius 3 is 2.30 bits per heavy atom. The Labute approximate surface area is 136 Å². The Bertz CT molecular complexity index is 713. The number of amides is 1. The molecule has 1 amide bonds. The highest BCUT2D eigenvalue weighted by Crippen LogP contribution is 2.18. The van der Waals surface area contributed by atoms with Gasteiger partial charge in [-0.1, -0.05) is 36.4 Å². The maximum absolute atomic E-state index is 12.7. The predicted octanol–water partition coefficient (Wildman–Crippen LogP) is 2.72. The third-order valence-corrected chi connectivity index (χ3v) is 4.21. The van der Waals surface area contributed by atoms with Crippen LogP contribution in [0.5, 0.6) is 0 Å². The van der Waals surface area contributed by atoms with Crippen molar-refractivity contribution in [3.05, 3.63) is 65.7 Å². The lowest BCUT2D eigenvalue weighted by atomic mass is 10.0. The summed E-state index contributed by atoms with van der Waals surface area (Å²) < 4.78 is 0. The molecule has 4 heteroatoms. The molecule has 1 aliphatic rings. The molecule has 23 heavy (non-hydrogen) atoms. The highest BCUT2D eigenvalue weighted by atomic mass is 16.2. The van der Waals surface area contributed by atoms with Crippen LogP contribution >= 0.6 is 0 Å². The van der Waals surface area contributed by atoms with Gasteiger partial charge in [-0.15, -0.1) is 0 Å². The fourth-order valence-corrected chi connectivity index (χ4v) is 2.95. The second-order valence-electron chi connectivity index (χ2n) is 5.61. The van der Waals surface area contributed by atoms with Gasteiger partial charge in [-0.25, -0.2) is 0 Å². The first-order chi connectivity index (χ1) is 11.3. The van der Waals surface area contributed by atoms with E-state index in [1.807, 2.05) is 47.4 Å². The zero-order valence-corrected chi connectivity index (χ0v) is 13.0. The minimum atomic E-state index is 0.0311. The second-order valence-corrected chi connectivity index (χ2v) is 5.61. The lowest BCUT2D eigenvalue weighted by Crippen LogP contribution is -2.49. The smallest absolute Gasteiger partial charge is 0.254 e. The summed E-state index contributed by atoms with van der Waals surface area (Å²) in [4.78, 5) is 16.9. The van der Waals surface area contributed by atoms with Crippen molar-refractivity contribution >= 4 is 11.6 Å². The number of anilines is 1. The number of carbonyl (C=O) groups is 1. The van der Waals surface area contributed by atoms with E-state index in [2.05, 4.69) is 23.1 Å². The molecule has 3 rings (SSSR count). The van der Waals surface area contributed by atoms with Gasteiger partial charge in [0.05, 0.1) is 12.5 Å². The topological polar surface area (TPSA) is 47.3 Å². The number of hydrogen-bond acceptors (Lipinski definition) is 3. The monoisotopic (exact) mass is 305 g/mol. The van der Waals surface area contributed by atoms with E-state index < -0.39 is 0 Å². The first-order valence-corrected chi connectivity index (χ1v) is 7.83. The molecular formula is C19H19N3O. The average molecular weight is 305 g/mol. The molecule has 0 unspecified atom stereocenters. The largest absolute Gasteiger partial charge is 0.368 e. The van der Waals surface area contributed by atoms with Gasteiger partial charge in [0, 0.05) is 37.4 Å². The van der Waals surface area contributed by atoms with Gasteiger partial charge in [0.25, 0.3) is 5.91 Å². The number of carbonyl (C=O) groups excluding carboxylic acids is 1. The van der Waals surface area contributed by atoms with E-state index in [1.54, 1.807) is 0 Å². The number of nitrogens with zero attached hydrogens (tertiary/aromatic N) is 3. The van der Waals surface area contributed by atoms with E-state index >= 15 is 0 Å². The van der Waals surface area contributed by atoms with Crippen molar-refractivity contribution in [3.8, 4) is 6.07 Å². The minimum Gasteiger partial charge on any atom is -0.368 e. The molecule has 2 aromatic rings. The fourth-order valence-electron chi connectivity index (χ4n) is 2.95. The van der Waals surface area contributed by atoms with Crippen LogP contribution in [0.15, 0.2) is 54.6 Å². The van der Waals surface area contributed by atoms with Crippen molar-refractivity contribution in [2.24, 2.45) is 0 Å². The van der Waals surface area contributed by atoms with Crippen molar-refractivity contribution in [3.63, 3.8) is 0 Å². The van der Waals surface area contributed by atoms with Crippen LogP contribution in [-0.2, 0) is 6.42 Å². The molecular weight excluding hydrogens is 286 g/mol. The molecule has 0 atom stereocenters. The van der Waals surface area contributed by atoms with Crippen LogP contribution in [0.2, 0.25) is 0 Å². The Morgan fingerprint density at radius 1 is 0.957 bits per heavy atom. The summed E-state index contributed by atoms with van der Waals surface area (Å²) in [6.45, 7) is 3.07. The molecule has 116 valence electrons. The molecule has 0 spiro atoms.